The summed E-state index contributed by atoms with van der Waals surface area (Å²) in [5, 5.41) is 0. The molecule has 1 heterocycles. The van der Waals surface area contributed by atoms with Gasteiger partial charge in [-0.1, -0.05) is 54.3 Å². The largest absolute Gasteiger partial charge is 0.486 e. The van der Waals surface area contributed by atoms with E-state index >= 15 is 0 Å². The van der Waals surface area contributed by atoms with E-state index in [-0.39, 0.29) is 18.3 Å². The molecule has 1 saturated heterocycles. The van der Waals surface area contributed by atoms with E-state index < -0.39 is 0 Å². The van der Waals surface area contributed by atoms with E-state index in [1.807, 2.05) is 43.3 Å². The van der Waals surface area contributed by atoms with Crippen LogP contribution in [0.4, 0.5) is 10.1 Å². The Bertz CT molecular complexity index is 1240. The maximum Gasteiger partial charge on any atom is 0.270 e. The smallest absolute Gasteiger partial charge is 0.270 e. The summed E-state index contributed by atoms with van der Waals surface area (Å²) in [6.07, 6.45) is 1.80. The molecule has 0 aliphatic carbocycles. The van der Waals surface area contributed by atoms with Crippen molar-refractivity contribution in [2.45, 2.75) is 13.5 Å². The van der Waals surface area contributed by atoms with Gasteiger partial charge in [-0.25, -0.2) is 4.39 Å². The number of benzene rings is 3. The highest BCUT2D eigenvalue weighted by Gasteiger charge is 2.33. The van der Waals surface area contributed by atoms with E-state index in [0.717, 1.165) is 16.8 Å². The van der Waals surface area contributed by atoms with Crippen molar-refractivity contribution in [3.8, 4) is 5.75 Å². The standard InChI is InChI=1S/C24H16Br2FNO2S2/c1-14-5-4-7-17(9-14)28-23(29)21(32-24(28)31)12-15-10-18(25)22(19(26)11-15)30-13-16-6-2-3-8-20(16)27/h2-12H,13H2,1H3/b21-12+. The third-order valence-electron chi connectivity index (χ3n) is 4.70. The van der Waals surface area contributed by atoms with E-state index in [9.17, 15) is 9.18 Å². The summed E-state index contributed by atoms with van der Waals surface area (Å²) in [7, 11) is 0. The second-order valence-electron chi connectivity index (χ2n) is 7.05. The first-order chi connectivity index (χ1) is 15.3. The van der Waals surface area contributed by atoms with Gasteiger partial charge in [0.15, 0.2) is 4.32 Å². The number of halogens is 3. The quantitative estimate of drug-likeness (QED) is 0.225. The number of anilines is 1. The third kappa shape index (κ3) is 4.98. The van der Waals surface area contributed by atoms with Crippen LogP contribution in [0.5, 0.6) is 5.75 Å². The summed E-state index contributed by atoms with van der Waals surface area (Å²) in [4.78, 5) is 15.1. The molecule has 0 radical (unpaired) electrons. The number of rotatable bonds is 5. The SMILES string of the molecule is Cc1cccc(N2C(=O)/C(=C\c3cc(Br)c(OCc4ccccc4F)c(Br)c3)SC2=S)c1. The molecule has 32 heavy (non-hydrogen) atoms. The zero-order chi connectivity index (χ0) is 22.8. The monoisotopic (exact) mass is 591 g/mol. The van der Waals surface area contributed by atoms with Gasteiger partial charge in [0.05, 0.1) is 19.5 Å². The van der Waals surface area contributed by atoms with Crippen molar-refractivity contribution in [2.24, 2.45) is 0 Å². The van der Waals surface area contributed by atoms with Gasteiger partial charge in [0.2, 0.25) is 0 Å². The second-order valence-corrected chi connectivity index (χ2v) is 10.4. The molecule has 1 fully saturated rings. The van der Waals surface area contributed by atoms with Gasteiger partial charge in [-0.15, -0.1) is 0 Å². The third-order valence-corrected chi connectivity index (χ3v) is 7.18. The molecule has 3 nitrogen and oxygen atoms in total. The van der Waals surface area contributed by atoms with Gasteiger partial charge in [-0.2, -0.15) is 0 Å². The maximum atomic E-state index is 13.9. The number of aryl methyl sites for hydroxylation is 1. The van der Waals surface area contributed by atoms with Crippen LogP contribution in [0.25, 0.3) is 6.08 Å². The Labute approximate surface area is 211 Å². The molecule has 3 aromatic rings. The van der Waals surface area contributed by atoms with Gasteiger partial charge in [0.25, 0.3) is 5.91 Å². The Kier molecular flexibility index (Phi) is 7.14. The number of thiocarbonyl (C=S) groups is 1. The number of carbonyl (C=O) groups excluding carboxylic acids is 1. The molecule has 0 aromatic heterocycles. The van der Waals surface area contributed by atoms with Crippen molar-refractivity contribution in [2.75, 3.05) is 4.90 Å². The van der Waals surface area contributed by atoms with Crippen molar-refractivity contribution in [3.05, 3.63) is 97.0 Å². The van der Waals surface area contributed by atoms with Gasteiger partial charge in [-0.3, -0.25) is 9.69 Å². The van der Waals surface area contributed by atoms with E-state index in [4.69, 9.17) is 17.0 Å². The normalized spacial score (nSPS) is 15.0. The Morgan fingerprint density at radius 2 is 1.81 bits per heavy atom. The molecule has 3 aromatic carbocycles. The lowest BCUT2D eigenvalue weighted by Crippen LogP contribution is -2.27. The van der Waals surface area contributed by atoms with Crippen LogP contribution >= 0.6 is 55.8 Å². The fourth-order valence-corrected chi connectivity index (χ4v) is 5.92. The minimum atomic E-state index is -0.313. The number of ether oxygens (including phenoxy) is 1. The van der Waals surface area contributed by atoms with Crippen molar-refractivity contribution in [1.82, 2.24) is 0 Å². The second kappa shape index (κ2) is 9.87. The number of hydrogen-bond acceptors (Lipinski definition) is 4. The van der Waals surface area contributed by atoms with E-state index in [1.165, 1.54) is 17.8 Å². The number of carbonyl (C=O) groups is 1. The molecule has 0 atom stereocenters. The Morgan fingerprint density at radius 1 is 1.09 bits per heavy atom. The molecule has 0 saturated carbocycles. The molecule has 0 N–H and O–H groups in total. The lowest BCUT2D eigenvalue weighted by Gasteiger charge is -2.15. The predicted octanol–water partition coefficient (Wildman–Crippen LogP) is 7.64. The Balaban J connectivity index is 1.56. The van der Waals surface area contributed by atoms with Gasteiger partial charge < -0.3 is 4.74 Å². The maximum absolute atomic E-state index is 13.9. The minimum absolute atomic E-state index is 0.0956. The topological polar surface area (TPSA) is 29.5 Å². The van der Waals surface area contributed by atoms with Crippen molar-refractivity contribution >= 4 is 77.8 Å². The number of amides is 1. The molecule has 4 rings (SSSR count). The molecule has 1 aliphatic rings. The number of hydrogen-bond donors (Lipinski definition) is 0. The Hall–Kier alpha value is -2.00. The first-order valence-electron chi connectivity index (χ1n) is 9.53. The highest BCUT2D eigenvalue weighted by Crippen LogP contribution is 2.39. The zero-order valence-corrected chi connectivity index (χ0v) is 21.6. The van der Waals surface area contributed by atoms with Crippen molar-refractivity contribution in [3.63, 3.8) is 0 Å². The summed E-state index contributed by atoms with van der Waals surface area (Å²) < 4.78 is 21.6. The minimum Gasteiger partial charge on any atom is -0.486 e. The fraction of sp³-hybridized carbons (Fsp3) is 0.0833. The predicted molar refractivity (Wildman–Crippen MR) is 139 cm³/mol. The molecule has 0 unspecified atom stereocenters. The van der Waals surface area contributed by atoms with E-state index in [0.29, 0.717) is 29.5 Å². The van der Waals surface area contributed by atoms with Gasteiger partial charge in [0.1, 0.15) is 18.2 Å². The average Bonchev–Trinajstić information content (AvgIpc) is 3.01. The summed E-state index contributed by atoms with van der Waals surface area (Å²) in [6.45, 7) is 2.07. The number of thioether (sulfide) groups is 1. The van der Waals surface area contributed by atoms with Crippen molar-refractivity contribution < 1.29 is 13.9 Å². The molecule has 1 amide bonds. The van der Waals surface area contributed by atoms with Crippen LogP contribution in [0.2, 0.25) is 0 Å². The van der Waals surface area contributed by atoms with Gasteiger partial charge >= 0.3 is 0 Å². The van der Waals surface area contributed by atoms with Crippen LogP contribution in [0.15, 0.2) is 74.5 Å². The first-order valence-corrected chi connectivity index (χ1v) is 12.3. The molecule has 1 aliphatic heterocycles. The summed E-state index contributed by atoms with van der Waals surface area (Å²) in [5.41, 5.74) is 3.08. The fourth-order valence-electron chi connectivity index (χ4n) is 3.17. The van der Waals surface area contributed by atoms with Crippen LogP contribution < -0.4 is 9.64 Å². The molecule has 162 valence electrons. The summed E-state index contributed by atoms with van der Waals surface area (Å²) >= 11 is 13.8. The summed E-state index contributed by atoms with van der Waals surface area (Å²) in [5.74, 6) is 0.0856. The van der Waals surface area contributed by atoms with Gasteiger partial charge in [0, 0.05) is 5.56 Å². The first kappa shape index (κ1) is 23.2. The molecule has 0 spiro atoms. The number of nitrogens with zero attached hydrogens (tertiary/aromatic N) is 1. The average molecular weight is 593 g/mol. The van der Waals surface area contributed by atoms with Crippen molar-refractivity contribution in [1.29, 1.82) is 0 Å². The lowest BCUT2D eigenvalue weighted by atomic mass is 10.2. The highest BCUT2D eigenvalue weighted by atomic mass is 79.9. The van der Waals surface area contributed by atoms with Crippen LogP contribution in [0.1, 0.15) is 16.7 Å². The van der Waals surface area contributed by atoms with Crippen LogP contribution in [-0.2, 0) is 11.4 Å². The molecular formula is C24H16Br2FNO2S2. The highest BCUT2D eigenvalue weighted by molar-refractivity contribution is 9.11. The van der Waals surface area contributed by atoms with Crippen LogP contribution in [0.3, 0.4) is 0 Å². The zero-order valence-electron chi connectivity index (χ0n) is 16.8. The van der Waals surface area contributed by atoms with Crippen LogP contribution in [0, 0.1) is 12.7 Å². The van der Waals surface area contributed by atoms with E-state index in [2.05, 4.69) is 31.9 Å². The Morgan fingerprint density at radius 3 is 2.50 bits per heavy atom. The lowest BCUT2D eigenvalue weighted by molar-refractivity contribution is -0.113. The van der Waals surface area contributed by atoms with Crippen LogP contribution in [-0.4, -0.2) is 10.2 Å². The molecular weight excluding hydrogens is 577 g/mol. The van der Waals surface area contributed by atoms with Gasteiger partial charge in [-0.05, 0) is 86.3 Å². The molecule has 0 bridgehead atoms. The summed E-state index contributed by atoms with van der Waals surface area (Å²) in [6, 6.07) is 17.9. The van der Waals surface area contributed by atoms with E-state index in [1.54, 1.807) is 29.2 Å². The molecule has 8 heteroatoms.